The van der Waals surface area contributed by atoms with Gasteiger partial charge < -0.3 is 42.0 Å². The van der Waals surface area contributed by atoms with Crippen molar-refractivity contribution in [1.82, 2.24) is 20.9 Å². The van der Waals surface area contributed by atoms with E-state index in [-0.39, 0.29) is 61.8 Å². The number of nitrogens with one attached hydrogen (secondary N) is 4. The number of amides is 2. The maximum absolute atomic E-state index is 12.6. The van der Waals surface area contributed by atoms with Gasteiger partial charge in [-0.1, -0.05) is 19.4 Å². The fraction of sp³-hybridized carbons (Fsp3) is 0.515. The fourth-order valence-electron chi connectivity index (χ4n) is 7.23. The molecule has 0 bridgehead atoms. The van der Waals surface area contributed by atoms with Crippen LogP contribution in [-0.4, -0.2) is 73.3 Å². The number of aliphatic carboxylic acids is 2. The molecule has 14 heteroatoms. The van der Waals surface area contributed by atoms with Crippen molar-refractivity contribution in [2.24, 2.45) is 23.5 Å². The van der Waals surface area contributed by atoms with E-state index in [4.69, 9.17) is 5.73 Å². The van der Waals surface area contributed by atoms with Gasteiger partial charge in [-0.3, -0.25) is 19.2 Å². The topological polar surface area (TPSA) is 207 Å². The number of carbonyl (C=O) groups is 4. The lowest BCUT2D eigenvalue weighted by Gasteiger charge is -2.30. The number of aromatic nitrogens is 1. The molecule has 12 nitrogen and oxygen atoms in total. The van der Waals surface area contributed by atoms with Crippen LogP contribution in [0.5, 0.6) is 0 Å². The molecule has 2 saturated heterocycles. The van der Waals surface area contributed by atoms with Crippen molar-refractivity contribution in [1.29, 1.82) is 0 Å². The molecule has 2 fully saturated rings. The molecule has 3 aliphatic heterocycles. The van der Waals surface area contributed by atoms with Gasteiger partial charge in [0.1, 0.15) is 5.66 Å². The zero-order valence-electron chi connectivity index (χ0n) is 26.8. The molecule has 4 rings (SSSR count). The van der Waals surface area contributed by atoms with Crippen molar-refractivity contribution < 1.29 is 34.5 Å². The van der Waals surface area contributed by atoms with Crippen molar-refractivity contribution >= 4 is 61.2 Å². The van der Waals surface area contributed by atoms with Crippen LogP contribution in [0.1, 0.15) is 57.1 Å². The van der Waals surface area contributed by atoms with E-state index in [0.717, 1.165) is 34.7 Å². The van der Waals surface area contributed by atoms with Gasteiger partial charge in [0.2, 0.25) is 5.91 Å². The minimum atomic E-state index is -1.28. The van der Waals surface area contributed by atoms with Gasteiger partial charge in [-0.05, 0) is 61.5 Å². The number of aromatic amines is 1. The highest BCUT2D eigenvalue weighted by molar-refractivity contribution is 7.80. The van der Waals surface area contributed by atoms with Crippen molar-refractivity contribution in [3.63, 3.8) is 0 Å². The number of rotatable bonds is 13. The van der Waals surface area contributed by atoms with E-state index in [1.807, 2.05) is 26.8 Å². The van der Waals surface area contributed by atoms with Gasteiger partial charge in [-0.2, -0.15) is 25.3 Å². The smallest absolute Gasteiger partial charge is 0.303 e. The Kier molecular flexibility index (Phi) is 11.6. The molecule has 2 amide bonds. The van der Waals surface area contributed by atoms with Crippen LogP contribution in [0.3, 0.4) is 0 Å². The van der Waals surface area contributed by atoms with E-state index in [0.29, 0.717) is 33.7 Å². The van der Waals surface area contributed by atoms with Crippen molar-refractivity contribution in [2.45, 2.75) is 77.0 Å². The second kappa shape index (κ2) is 15.1. The number of thiol groups is 2. The van der Waals surface area contributed by atoms with Gasteiger partial charge in [0, 0.05) is 64.2 Å². The van der Waals surface area contributed by atoms with Crippen LogP contribution in [0.25, 0.3) is 12.2 Å². The van der Waals surface area contributed by atoms with Crippen LogP contribution >= 0.6 is 25.3 Å². The van der Waals surface area contributed by atoms with E-state index in [1.54, 1.807) is 12.2 Å². The standard InChI is InChI=1S/C33H45N5O7S2/c1-4-18-22(15-47)32(45)36-26(18)11-24-16(2)19(5-7-29(40)41)28(35-24)13-33(34)23(6-8-30(42)43)17(3)25(38-33)12-27-21(14-39)20(9-10-46)31(44)37-27/h9,11,13-14,18,22-23,26-27,35,38-39,46-47H,4-8,10,12,15,34H2,1-3H3,(H,36,45)(H,37,44)(H,40,41)(H,42,43)/b20-9+,21-14+,24-11+,28-13-/t18-,22-,23?,26?,27-,33-/m1/s1. The summed E-state index contributed by atoms with van der Waals surface area (Å²) in [6.07, 6.45) is 7.52. The minimum absolute atomic E-state index is 0.0433. The minimum Gasteiger partial charge on any atom is -0.515 e. The van der Waals surface area contributed by atoms with Crippen LogP contribution in [0.4, 0.5) is 0 Å². The SMILES string of the molecule is CC[C@H]1C(/C=c2/[nH]/c(=C\[C@@]3(N)NC(C[C@H]4NC(=O)C(=C/CS)/C4=C\O)=C(C)C3CCC(=O)O)c(CCC(=O)O)c2C)NC(=O)[C@@H]1CS. The van der Waals surface area contributed by atoms with E-state index < -0.39 is 29.6 Å². The monoisotopic (exact) mass is 687 g/mol. The number of H-pyrrole nitrogens is 1. The fourth-order valence-corrected chi connectivity index (χ4v) is 7.85. The molecule has 0 aromatic carbocycles. The van der Waals surface area contributed by atoms with Gasteiger partial charge in [-0.15, -0.1) is 0 Å². The van der Waals surface area contributed by atoms with Gasteiger partial charge in [0.05, 0.1) is 24.3 Å². The number of hydrogen-bond donors (Lipinski definition) is 10. The first-order valence-electron chi connectivity index (χ1n) is 15.8. The Bertz CT molecular complexity index is 1650. The maximum atomic E-state index is 12.6. The second-order valence-corrected chi connectivity index (χ2v) is 13.2. The average molecular weight is 688 g/mol. The highest BCUT2D eigenvalue weighted by Gasteiger charge is 2.44. The van der Waals surface area contributed by atoms with Gasteiger partial charge in [0.25, 0.3) is 5.91 Å². The molecule has 6 atom stereocenters. The Balaban J connectivity index is 1.79. The summed E-state index contributed by atoms with van der Waals surface area (Å²) >= 11 is 8.57. The van der Waals surface area contributed by atoms with Gasteiger partial charge in [-0.25, -0.2) is 0 Å². The highest BCUT2D eigenvalue weighted by atomic mass is 32.1. The van der Waals surface area contributed by atoms with E-state index >= 15 is 0 Å². The van der Waals surface area contributed by atoms with E-state index in [2.05, 4.69) is 46.2 Å². The molecule has 1 aromatic heterocycles. The van der Waals surface area contributed by atoms with Crippen molar-refractivity contribution in [2.75, 3.05) is 11.5 Å². The highest BCUT2D eigenvalue weighted by Crippen LogP contribution is 2.38. The number of carbonyl (C=O) groups excluding carboxylic acids is 2. The predicted molar refractivity (Wildman–Crippen MR) is 185 cm³/mol. The number of aliphatic hydroxyl groups excluding tert-OH is 1. The molecule has 9 N–H and O–H groups in total. The Morgan fingerprint density at radius 1 is 1.06 bits per heavy atom. The molecule has 256 valence electrons. The number of aliphatic hydroxyl groups is 1. The van der Waals surface area contributed by atoms with E-state index in [1.165, 1.54) is 0 Å². The second-order valence-electron chi connectivity index (χ2n) is 12.5. The van der Waals surface area contributed by atoms with Crippen molar-refractivity contribution in [3.05, 3.63) is 56.6 Å². The van der Waals surface area contributed by atoms with Crippen LogP contribution in [0.2, 0.25) is 0 Å². The lowest BCUT2D eigenvalue weighted by Crippen LogP contribution is -2.54. The summed E-state index contributed by atoms with van der Waals surface area (Å²) < 4.78 is 0. The van der Waals surface area contributed by atoms with Crippen LogP contribution in [0, 0.1) is 24.7 Å². The van der Waals surface area contributed by atoms with Gasteiger partial charge >= 0.3 is 11.9 Å². The van der Waals surface area contributed by atoms with Crippen LogP contribution in [0.15, 0.2) is 34.8 Å². The quantitative estimate of drug-likeness (QED) is 0.0820. The number of nitrogens with two attached hydrogens (primary N) is 1. The third-order valence-electron chi connectivity index (χ3n) is 9.73. The largest absolute Gasteiger partial charge is 0.515 e. The lowest BCUT2D eigenvalue weighted by atomic mass is 9.85. The summed E-state index contributed by atoms with van der Waals surface area (Å²) in [6, 6.07) is -0.790. The summed E-state index contributed by atoms with van der Waals surface area (Å²) in [6.45, 7) is 5.80. The molecule has 1 aromatic rings. The number of hydrogen-bond acceptors (Lipinski definition) is 9. The maximum Gasteiger partial charge on any atom is 0.303 e. The number of carboxylic acid groups (broad SMARTS) is 2. The number of carboxylic acids is 2. The predicted octanol–water partition coefficient (Wildman–Crippen LogP) is 1.17. The molecule has 2 unspecified atom stereocenters. The molecule has 0 spiro atoms. The summed E-state index contributed by atoms with van der Waals surface area (Å²) in [5, 5.41) is 39.8. The molecular weight excluding hydrogens is 643 g/mol. The Hall–Kier alpha value is -3.62. The molecule has 0 radical (unpaired) electrons. The third kappa shape index (κ3) is 7.60. The first kappa shape index (κ1) is 36.2. The zero-order chi connectivity index (χ0) is 34.6. The average Bonchev–Trinajstić information content (AvgIpc) is 3.65. The normalized spacial score (nSPS) is 30.0. The van der Waals surface area contributed by atoms with Gasteiger partial charge in [0.15, 0.2) is 0 Å². The zero-order valence-corrected chi connectivity index (χ0v) is 28.6. The van der Waals surface area contributed by atoms with Crippen LogP contribution < -0.4 is 32.4 Å². The van der Waals surface area contributed by atoms with Crippen molar-refractivity contribution in [3.8, 4) is 0 Å². The summed E-state index contributed by atoms with van der Waals surface area (Å²) in [5.41, 5.74) is 9.71. The molecule has 0 saturated carbocycles. The summed E-state index contributed by atoms with van der Waals surface area (Å²) in [7, 11) is 0. The van der Waals surface area contributed by atoms with E-state index in [9.17, 15) is 34.5 Å². The first-order chi connectivity index (χ1) is 22.3. The molecule has 0 aliphatic carbocycles. The molecule has 47 heavy (non-hydrogen) atoms. The molecule has 4 heterocycles. The van der Waals surface area contributed by atoms with Crippen LogP contribution in [-0.2, 0) is 25.6 Å². The molecule has 3 aliphatic rings. The Morgan fingerprint density at radius 2 is 1.77 bits per heavy atom. The molecular formula is C33H45N5O7S2. The Labute approximate surface area is 284 Å². The Morgan fingerprint density at radius 3 is 2.36 bits per heavy atom. The first-order valence-corrected chi connectivity index (χ1v) is 17.0. The summed E-state index contributed by atoms with van der Waals surface area (Å²) in [5.74, 6) is -2.19. The summed E-state index contributed by atoms with van der Waals surface area (Å²) in [4.78, 5) is 52.0. The third-order valence-corrected chi connectivity index (χ3v) is 10.3. The lowest BCUT2D eigenvalue weighted by molar-refractivity contribution is -0.138.